The molecule has 0 aliphatic rings. The van der Waals surface area contributed by atoms with Gasteiger partial charge in [0, 0.05) is 10.6 Å². The summed E-state index contributed by atoms with van der Waals surface area (Å²) in [5.41, 5.74) is 2.16. The van der Waals surface area contributed by atoms with Gasteiger partial charge in [0.05, 0.1) is 12.8 Å². The van der Waals surface area contributed by atoms with Crippen LogP contribution in [-0.4, -0.2) is 33.6 Å². The standard InChI is InChI=1S/C16H16N4OS2/c1-21-14-7-5-13(6-8-14)20-16(17-18-19-20)23-11-12-3-9-15(22-2)10-4-12/h3-10H,11H2,1-2H3. The zero-order chi connectivity index (χ0) is 16.1. The van der Waals surface area contributed by atoms with Gasteiger partial charge in [-0.2, -0.15) is 4.68 Å². The highest BCUT2D eigenvalue weighted by Gasteiger charge is 2.09. The van der Waals surface area contributed by atoms with Gasteiger partial charge in [0.25, 0.3) is 0 Å². The Balaban J connectivity index is 1.72. The molecule has 23 heavy (non-hydrogen) atoms. The minimum absolute atomic E-state index is 0.768. The molecule has 0 saturated carbocycles. The molecule has 0 spiro atoms. The molecular formula is C16H16N4OS2. The molecule has 3 aromatic rings. The van der Waals surface area contributed by atoms with Crippen LogP contribution in [0.4, 0.5) is 0 Å². The lowest BCUT2D eigenvalue weighted by Crippen LogP contribution is -1.99. The monoisotopic (exact) mass is 344 g/mol. The molecule has 0 radical (unpaired) electrons. The van der Waals surface area contributed by atoms with E-state index in [1.54, 1.807) is 35.3 Å². The van der Waals surface area contributed by atoms with E-state index < -0.39 is 0 Å². The van der Waals surface area contributed by atoms with Crippen LogP contribution in [0.2, 0.25) is 0 Å². The van der Waals surface area contributed by atoms with Crippen molar-refractivity contribution in [2.75, 3.05) is 13.4 Å². The number of methoxy groups -OCH3 is 1. The van der Waals surface area contributed by atoms with E-state index in [2.05, 4.69) is 46.0 Å². The molecule has 0 N–H and O–H groups in total. The summed E-state index contributed by atoms with van der Waals surface area (Å²) in [5.74, 6) is 1.63. The summed E-state index contributed by atoms with van der Waals surface area (Å²) >= 11 is 3.36. The van der Waals surface area contributed by atoms with Crippen LogP contribution >= 0.6 is 23.5 Å². The van der Waals surface area contributed by atoms with Crippen molar-refractivity contribution < 1.29 is 4.74 Å². The van der Waals surface area contributed by atoms with Crippen molar-refractivity contribution in [1.82, 2.24) is 20.2 Å². The van der Waals surface area contributed by atoms with Gasteiger partial charge < -0.3 is 4.74 Å². The van der Waals surface area contributed by atoms with E-state index in [0.717, 1.165) is 22.3 Å². The molecule has 0 aliphatic heterocycles. The Bertz CT molecular complexity index is 757. The lowest BCUT2D eigenvalue weighted by Gasteiger charge is -2.06. The molecule has 3 rings (SSSR count). The van der Waals surface area contributed by atoms with Crippen LogP contribution in [0.1, 0.15) is 5.56 Å². The molecule has 7 heteroatoms. The first-order valence-electron chi connectivity index (χ1n) is 6.98. The second kappa shape index (κ2) is 7.52. The van der Waals surface area contributed by atoms with Crippen LogP contribution in [0.25, 0.3) is 5.69 Å². The third-order valence-electron chi connectivity index (χ3n) is 3.28. The topological polar surface area (TPSA) is 52.8 Å². The van der Waals surface area contributed by atoms with Crippen molar-refractivity contribution in [2.45, 2.75) is 15.8 Å². The van der Waals surface area contributed by atoms with Crippen molar-refractivity contribution in [3.05, 3.63) is 54.1 Å². The highest BCUT2D eigenvalue weighted by atomic mass is 32.2. The minimum Gasteiger partial charge on any atom is -0.497 e. The molecule has 2 aromatic carbocycles. The van der Waals surface area contributed by atoms with Gasteiger partial charge in [0.2, 0.25) is 5.16 Å². The molecule has 1 heterocycles. The third-order valence-corrected chi connectivity index (χ3v) is 5.02. The summed E-state index contributed by atoms with van der Waals surface area (Å²) in [6, 6.07) is 16.2. The van der Waals surface area contributed by atoms with Crippen LogP contribution in [0.3, 0.4) is 0 Å². The molecule has 0 saturated heterocycles. The number of ether oxygens (including phenoxy) is 1. The van der Waals surface area contributed by atoms with Gasteiger partial charge in [-0.1, -0.05) is 23.9 Å². The molecule has 0 atom stereocenters. The van der Waals surface area contributed by atoms with Crippen LogP contribution < -0.4 is 4.74 Å². The van der Waals surface area contributed by atoms with Crippen molar-refractivity contribution in [3.63, 3.8) is 0 Å². The van der Waals surface area contributed by atoms with E-state index in [1.165, 1.54) is 10.5 Å². The second-order valence-electron chi connectivity index (χ2n) is 4.71. The number of aromatic nitrogens is 4. The average Bonchev–Trinajstić information content (AvgIpc) is 3.09. The molecular weight excluding hydrogens is 328 g/mol. The van der Waals surface area contributed by atoms with Crippen molar-refractivity contribution >= 4 is 23.5 Å². The maximum atomic E-state index is 5.17. The van der Waals surface area contributed by atoms with Gasteiger partial charge in [-0.25, -0.2) is 0 Å². The Morgan fingerprint density at radius 3 is 2.43 bits per heavy atom. The maximum absolute atomic E-state index is 5.17. The first kappa shape index (κ1) is 15.9. The molecule has 0 fully saturated rings. The summed E-state index contributed by atoms with van der Waals surface area (Å²) in [4.78, 5) is 1.27. The third kappa shape index (κ3) is 3.86. The Morgan fingerprint density at radius 2 is 1.78 bits per heavy atom. The Kier molecular flexibility index (Phi) is 5.19. The van der Waals surface area contributed by atoms with Gasteiger partial charge >= 0.3 is 0 Å². The number of hydrogen-bond acceptors (Lipinski definition) is 6. The number of benzene rings is 2. The number of nitrogens with zero attached hydrogens (tertiary/aromatic N) is 4. The Morgan fingerprint density at radius 1 is 1.04 bits per heavy atom. The maximum Gasteiger partial charge on any atom is 0.214 e. The van der Waals surface area contributed by atoms with Crippen molar-refractivity contribution in [3.8, 4) is 11.4 Å². The van der Waals surface area contributed by atoms with E-state index in [-0.39, 0.29) is 0 Å². The Labute approximate surface area is 143 Å². The van der Waals surface area contributed by atoms with Crippen molar-refractivity contribution in [2.24, 2.45) is 0 Å². The fraction of sp³-hybridized carbons (Fsp3) is 0.188. The normalized spacial score (nSPS) is 10.7. The molecule has 5 nitrogen and oxygen atoms in total. The first-order valence-corrected chi connectivity index (χ1v) is 9.19. The zero-order valence-electron chi connectivity index (χ0n) is 12.8. The van der Waals surface area contributed by atoms with Crippen molar-refractivity contribution in [1.29, 1.82) is 0 Å². The minimum atomic E-state index is 0.768. The molecule has 0 amide bonds. The molecule has 0 unspecified atom stereocenters. The van der Waals surface area contributed by atoms with E-state index in [4.69, 9.17) is 4.74 Å². The lowest BCUT2D eigenvalue weighted by molar-refractivity contribution is 0.414. The summed E-state index contributed by atoms with van der Waals surface area (Å²) in [6.07, 6.45) is 2.08. The van der Waals surface area contributed by atoms with Crippen LogP contribution in [0.5, 0.6) is 5.75 Å². The number of hydrogen-bond donors (Lipinski definition) is 0. The predicted molar refractivity (Wildman–Crippen MR) is 93.5 cm³/mol. The predicted octanol–water partition coefficient (Wildman–Crippen LogP) is 3.69. The Hall–Kier alpha value is -1.99. The van der Waals surface area contributed by atoms with Crippen LogP contribution in [0.15, 0.2) is 58.6 Å². The highest BCUT2D eigenvalue weighted by molar-refractivity contribution is 7.98. The number of tetrazole rings is 1. The summed E-state index contributed by atoms with van der Waals surface area (Å²) in [6.45, 7) is 0. The molecule has 1 aromatic heterocycles. The van der Waals surface area contributed by atoms with Gasteiger partial charge in [0.1, 0.15) is 5.75 Å². The zero-order valence-corrected chi connectivity index (χ0v) is 14.5. The van der Waals surface area contributed by atoms with Gasteiger partial charge in [-0.05, 0) is 58.6 Å². The van der Waals surface area contributed by atoms with Gasteiger partial charge in [-0.3, -0.25) is 0 Å². The molecule has 0 bridgehead atoms. The van der Waals surface area contributed by atoms with E-state index >= 15 is 0 Å². The fourth-order valence-electron chi connectivity index (χ4n) is 2.02. The van der Waals surface area contributed by atoms with Crippen LogP contribution in [0, 0.1) is 0 Å². The second-order valence-corrected chi connectivity index (χ2v) is 6.53. The SMILES string of the molecule is COc1ccc(-n2nnnc2SCc2ccc(SC)cc2)cc1. The molecule has 0 aliphatic carbocycles. The van der Waals surface area contributed by atoms with E-state index in [0.29, 0.717) is 0 Å². The van der Waals surface area contributed by atoms with Crippen LogP contribution in [-0.2, 0) is 5.75 Å². The first-order chi connectivity index (χ1) is 11.3. The molecule has 118 valence electrons. The summed E-state index contributed by atoms with van der Waals surface area (Å²) in [5, 5.41) is 12.7. The largest absolute Gasteiger partial charge is 0.497 e. The lowest BCUT2D eigenvalue weighted by atomic mass is 10.2. The highest BCUT2D eigenvalue weighted by Crippen LogP contribution is 2.24. The van der Waals surface area contributed by atoms with Gasteiger partial charge in [0.15, 0.2) is 0 Å². The smallest absolute Gasteiger partial charge is 0.214 e. The van der Waals surface area contributed by atoms with E-state index in [1.807, 2.05) is 24.3 Å². The van der Waals surface area contributed by atoms with E-state index in [9.17, 15) is 0 Å². The number of rotatable bonds is 6. The summed E-state index contributed by atoms with van der Waals surface area (Å²) < 4.78 is 6.91. The fourth-order valence-corrected chi connectivity index (χ4v) is 3.28. The quantitative estimate of drug-likeness (QED) is 0.636. The summed E-state index contributed by atoms with van der Waals surface area (Å²) in [7, 11) is 1.65. The average molecular weight is 344 g/mol. The van der Waals surface area contributed by atoms with Gasteiger partial charge in [-0.15, -0.1) is 16.9 Å². The number of thioether (sulfide) groups is 2.